The van der Waals surface area contributed by atoms with Crippen molar-refractivity contribution in [1.29, 1.82) is 0 Å². The van der Waals surface area contributed by atoms with Crippen LogP contribution in [-0.4, -0.2) is 45.4 Å². The van der Waals surface area contributed by atoms with Crippen LogP contribution in [0.4, 0.5) is 0 Å². The predicted octanol–water partition coefficient (Wildman–Crippen LogP) is 2.95. The van der Waals surface area contributed by atoms with E-state index in [9.17, 15) is 4.79 Å². The molecule has 1 unspecified atom stereocenters. The summed E-state index contributed by atoms with van der Waals surface area (Å²) in [6, 6.07) is 0. The number of aldehydes is 1. The fraction of sp³-hybridized carbons (Fsp3) is 0.933. The standard InChI is InChI=1S/C9H19NO.C2H8N2.2C2H6/c1-4-9(8-11)6-7-10(3)5-2;1-3-4-2;2*1-2/h8-9H,4-7H2,1-3H3;3-4H,1-2H3;2*1-2H3. The fourth-order valence-electron chi connectivity index (χ4n) is 0.913. The normalized spacial score (nSPS) is 10.0. The van der Waals surface area contributed by atoms with E-state index < -0.39 is 0 Å². The molecule has 0 spiro atoms. The second-order valence-electron chi connectivity index (χ2n) is 3.49. The Bertz CT molecular complexity index is 131. The van der Waals surface area contributed by atoms with Crippen molar-refractivity contribution in [3.63, 3.8) is 0 Å². The third kappa shape index (κ3) is 31.8. The van der Waals surface area contributed by atoms with E-state index in [1.165, 1.54) is 0 Å². The van der Waals surface area contributed by atoms with Crippen LogP contribution >= 0.6 is 0 Å². The number of rotatable bonds is 7. The smallest absolute Gasteiger partial charge is 0.123 e. The van der Waals surface area contributed by atoms with Crippen molar-refractivity contribution in [3.05, 3.63) is 0 Å². The fourth-order valence-corrected chi connectivity index (χ4v) is 0.913. The van der Waals surface area contributed by atoms with E-state index in [2.05, 4.69) is 36.6 Å². The van der Waals surface area contributed by atoms with E-state index in [1.54, 1.807) is 0 Å². The highest BCUT2D eigenvalue weighted by Crippen LogP contribution is 2.04. The first-order valence-electron chi connectivity index (χ1n) is 7.63. The Kier molecular flexibility index (Phi) is 43.4. The maximum atomic E-state index is 10.4. The lowest BCUT2D eigenvalue weighted by atomic mass is 10.0. The minimum absolute atomic E-state index is 0.268. The molecule has 0 fully saturated rings. The van der Waals surface area contributed by atoms with Gasteiger partial charge in [-0.15, -0.1) is 0 Å². The monoisotopic (exact) mass is 277 g/mol. The molecule has 0 amide bonds. The predicted molar refractivity (Wildman–Crippen MR) is 88.4 cm³/mol. The number of nitrogens with zero attached hydrogens (tertiary/aromatic N) is 1. The van der Waals surface area contributed by atoms with Crippen LogP contribution in [0.15, 0.2) is 0 Å². The molecule has 0 aromatic rings. The molecule has 120 valence electrons. The molecular formula is C15H39N3O. The molecule has 4 nitrogen and oxygen atoms in total. The number of hydrogen-bond donors (Lipinski definition) is 2. The third-order valence-corrected chi connectivity index (χ3v) is 2.39. The largest absolute Gasteiger partial charge is 0.307 e. The summed E-state index contributed by atoms with van der Waals surface area (Å²) in [5, 5.41) is 0. The van der Waals surface area contributed by atoms with Crippen LogP contribution in [-0.2, 0) is 4.79 Å². The van der Waals surface area contributed by atoms with Gasteiger partial charge in [0.2, 0.25) is 0 Å². The number of carbonyl (C=O) groups excluding carboxylic acids is 1. The molecule has 0 bridgehead atoms. The molecule has 4 heteroatoms. The van der Waals surface area contributed by atoms with Gasteiger partial charge in [0.15, 0.2) is 0 Å². The van der Waals surface area contributed by atoms with E-state index >= 15 is 0 Å². The molecule has 0 rings (SSSR count). The van der Waals surface area contributed by atoms with Gasteiger partial charge in [0.25, 0.3) is 0 Å². The Hall–Kier alpha value is -0.450. The van der Waals surface area contributed by atoms with Crippen LogP contribution in [0.5, 0.6) is 0 Å². The summed E-state index contributed by atoms with van der Waals surface area (Å²) in [7, 11) is 5.72. The average Bonchev–Trinajstić information content (AvgIpc) is 2.52. The molecule has 1 atom stereocenters. The van der Waals surface area contributed by atoms with E-state index in [1.807, 2.05) is 41.8 Å². The molecule has 0 saturated heterocycles. The van der Waals surface area contributed by atoms with Gasteiger partial charge in [-0.3, -0.25) is 10.9 Å². The lowest BCUT2D eigenvalue weighted by molar-refractivity contribution is -0.111. The van der Waals surface area contributed by atoms with Gasteiger partial charge in [-0.05, 0) is 47.1 Å². The van der Waals surface area contributed by atoms with Crippen LogP contribution < -0.4 is 10.9 Å². The zero-order chi connectivity index (χ0) is 16.1. The molecular weight excluding hydrogens is 238 g/mol. The maximum Gasteiger partial charge on any atom is 0.123 e. The van der Waals surface area contributed by atoms with Gasteiger partial charge in [-0.25, -0.2) is 0 Å². The molecule has 2 N–H and O–H groups in total. The Morgan fingerprint density at radius 1 is 1.05 bits per heavy atom. The van der Waals surface area contributed by atoms with Crippen LogP contribution in [0.25, 0.3) is 0 Å². The molecule has 0 radical (unpaired) electrons. The Labute approximate surface area is 122 Å². The van der Waals surface area contributed by atoms with E-state index in [-0.39, 0.29) is 5.92 Å². The second kappa shape index (κ2) is 30.5. The van der Waals surface area contributed by atoms with Crippen molar-refractivity contribution in [2.75, 3.05) is 34.2 Å². The minimum atomic E-state index is 0.268. The summed E-state index contributed by atoms with van der Waals surface area (Å²) in [5.74, 6) is 0.268. The molecule has 0 aromatic carbocycles. The lowest BCUT2D eigenvalue weighted by Crippen LogP contribution is -2.21. The first kappa shape index (κ1) is 27.0. The van der Waals surface area contributed by atoms with Crippen molar-refractivity contribution in [2.24, 2.45) is 5.92 Å². The van der Waals surface area contributed by atoms with E-state index in [0.29, 0.717) is 0 Å². The molecule has 0 aromatic heterocycles. The van der Waals surface area contributed by atoms with E-state index in [4.69, 9.17) is 0 Å². The molecule has 0 aliphatic heterocycles. The lowest BCUT2D eigenvalue weighted by Gasteiger charge is -2.15. The Morgan fingerprint density at radius 2 is 1.47 bits per heavy atom. The van der Waals surface area contributed by atoms with Gasteiger partial charge in [0, 0.05) is 5.92 Å². The first-order valence-corrected chi connectivity index (χ1v) is 7.63. The van der Waals surface area contributed by atoms with Crippen LogP contribution in [0.2, 0.25) is 0 Å². The number of hydrazine groups is 1. The van der Waals surface area contributed by atoms with Crippen LogP contribution in [0.1, 0.15) is 54.4 Å². The zero-order valence-corrected chi connectivity index (χ0v) is 14.8. The topological polar surface area (TPSA) is 44.4 Å². The van der Waals surface area contributed by atoms with Crippen molar-refractivity contribution >= 4 is 6.29 Å². The average molecular weight is 277 g/mol. The van der Waals surface area contributed by atoms with Gasteiger partial charge in [0.05, 0.1) is 0 Å². The molecule has 0 heterocycles. The van der Waals surface area contributed by atoms with Crippen molar-refractivity contribution in [3.8, 4) is 0 Å². The van der Waals surface area contributed by atoms with Gasteiger partial charge < -0.3 is 9.69 Å². The molecule has 19 heavy (non-hydrogen) atoms. The highest BCUT2D eigenvalue weighted by Gasteiger charge is 2.04. The number of nitrogens with one attached hydrogen (secondary N) is 2. The SMILES string of the molecule is CC.CC.CCC(C=O)CCN(C)CC.CNNC. The van der Waals surface area contributed by atoms with Gasteiger partial charge in [-0.1, -0.05) is 41.5 Å². The highest BCUT2D eigenvalue weighted by atomic mass is 16.1. The van der Waals surface area contributed by atoms with Crippen LogP contribution in [0, 0.1) is 5.92 Å². The summed E-state index contributed by atoms with van der Waals surface area (Å²) in [5.41, 5.74) is 5.36. The van der Waals surface area contributed by atoms with Crippen molar-refractivity contribution in [1.82, 2.24) is 15.8 Å². The van der Waals surface area contributed by atoms with Gasteiger partial charge >= 0.3 is 0 Å². The summed E-state index contributed by atoms with van der Waals surface area (Å²) < 4.78 is 0. The molecule has 0 saturated carbocycles. The molecule has 0 aliphatic rings. The minimum Gasteiger partial charge on any atom is -0.307 e. The molecule has 0 aliphatic carbocycles. The summed E-state index contributed by atoms with van der Waals surface area (Å²) >= 11 is 0. The second-order valence-corrected chi connectivity index (χ2v) is 3.49. The quantitative estimate of drug-likeness (QED) is 0.555. The summed E-state index contributed by atoms with van der Waals surface area (Å²) in [6.07, 6.45) is 3.05. The summed E-state index contributed by atoms with van der Waals surface area (Å²) in [6.45, 7) is 14.3. The van der Waals surface area contributed by atoms with Crippen molar-refractivity contribution < 1.29 is 4.79 Å². The first-order chi connectivity index (χ1) is 9.15. The Balaban J connectivity index is -0.000000118. The maximum absolute atomic E-state index is 10.4. The van der Waals surface area contributed by atoms with E-state index in [0.717, 1.165) is 32.2 Å². The van der Waals surface area contributed by atoms with Gasteiger partial charge in [0.1, 0.15) is 6.29 Å². The van der Waals surface area contributed by atoms with Gasteiger partial charge in [-0.2, -0.15) is 0 Å². The zero-order valence-electron chi connectivity index (χ0n) is 14.8. The highest BCUT2D eigenvalue weighted by molar-refractivity contribution is 5.53. The van der Waals surface area contributed by atoms with Crippen LogP contribution in [0.3, 0.4) is 0 Å². The number of hydrogen-bond acceptors (Lipinski definition) is 4. The third-order valence-electron chi connectivity index (χ3n) is 2.39. The summed E-state index contributed by atoms with van der Waals surface area (Å²) in [4.78, 5) is 12.6. The Morgan fingerprint density at radius 3 is 1.68 bits per heavy atom. The number of carbonyl (C=O) groups is 1. The van der Waals surface area contributed by atoms with Crippen molar-refractivity contribution in [2.45, 2.75) is 54.4 Å².